The van der Waals surface area contributed by atoms with Crippen molar-refractivity contribution in [1.82, 2.24) is 20.4 Å². The molecule has 0 aromatic carbocycles. The number of rotatable bonds is 5. The van der Waals surface area contributed by atoms with Gasteiger partial charge in [0.05, 0.1) is 11.6 Å². The van der Waals surface area contributed by atoms with Gasteiger partial charge in [0, 0.05) is 32.5 Å². The number of urea groups is 1. The third kappa shape index (κ3) is 3.83. The number of likely N-dealkylation sites (tertiary alicyclic amines) is 1. The molecule has 2 amide bonds. The van der Waals surface area contributed by atoms with Crippen LogP contribution in [0.3, 0.4) is 0 Å². The Labute approximate surface area is 136 Å². The molecule has 0 bridgehead atoms. The molecule has 1 N–H and O–H groups in total. The summed E-state index contributed by atoms with van der Waals surface area (Å²) in [4.78, 5) is 18.6. The summed E-state index contributed by atoms with van der Waals surface area (Å²) in [5.74, 6) is 1.71. The van der Waals surface area contributed by atoms with Crippen molar-refractivity contribution in [1.29, 1.82) is 0 Å². The molecule has 0 radical (unpaired) electrons. The van der Waals surface area contributed by atoms with E-state index in [0.29, 0.717) is 24.2 Å². The number of hydrogen-bond acceptors (Lipinski definition) is 5. The van der Waals surface area contributed by atoms with Gasteiger partial charge in [-0.05, 0) is 39.5 Å². The topological polar surface area (TPSA) is 80.5 Å². The van der Waals surface area contributed by atoms with Gasteiger partial charge in [0.2, 0.25) is 5.89 Å². The molecule has 1 aromatic rings. The Morgan fingerprint density at radius 1 is 1.57 bits per heavy atom. The number of ether oxygens (including phenoxy) is 1. The maximum atomic E-state index is 12.5. The van der Waals surface area contributed by atoms with Crippen LogP contribution >= 0.6 is 0 Å². The van der Waals surface area contributed by atoms with Crippen LogP contribution in [0.25, 0.3) is 0 Å². The zero-order valence-electron chi connectivity index (χ0n) is 14.2. The number of amides is 2. The fourth-order valence-corrected chi connectivity index (χ4v) is 3.37. The highest BCUT2D eigenvalue weighted by molar-refractivity contribution is 5.75. The summed E-state index contributed by atoms with van der Waals surface area (Å²) in [6.07, 6.45) is 3.74. The van der Waals surface area contributed by atoms with Crippen molar-refractivity contribution in [2.45, 2.75) is 58.1 Å². The normalized spacial score (nSPS) is 30.3. The molecule has 1 saturated carbocycles. The molecule has 23 heavy (non-hydrogen) atoms. The van der Waals surface area contributed by atoms with Crippen molar-refractivity contribution in [2.75, 3.05) is 19.7 Å². The molecule has 128 valence electrons. The number of piperidine rings is 1. The van der Waals surface area contributed by atoms with Crippen molar-refractivity contribution in [3.8, 4) is 0 Å². The Balaban J connectivity index is 1.49. The summed E-state index contributed by atoms with van der Waals surface area (Å²) >= 11 is 0. The molecule has 1 aliphatic carbocycles. The van der Waals surface area contributed by atoms with E-state index < -0.39 is 0 Å². The Bertz CT molecular complexity index is 561. The maximum absolute atomic E-state index is 12.5. The summed E-state index contributed by atoms with van der Waals surface area (Å²) in [7, 11) is 0. The van der Waals surface area contributed by atoms with Gasteiger partial charge in [0.25, 0.3) is 0 Å². The van der Waals surface area contributed by atoms with Crippen molar-refractivity contribution < 1.29 is 14.1 Å². The molecule has 7 nitrogen and oxygen atoms in total. The van der Waals surface area contributed by atoms with E-state index >= 15 is 0 Å². The number of nitrogens with zero attached hydrogens (tertiary/aromatic N) is 3. The summed E-state index contributed by atoms with van der Waals surface area (Å²) in [5, 5.41) is 6.92. The van der Waals surface area contributed by atoms with Gasteiger partial charge in [0.15, 0.2) is 5.82 Å². The quantitative estimate of drug-likeness (QED) is 0.895. The van der Waals surface area contributed by atoms with E-state index in [4.69, 9.17) is 9.26 Å². The van der Waals surface area contributed by atoms with Crippen molar-refractivity contribution in [2.24, 2.45) is 5.92 Å². The predicted octanol–water partition coefficient (Wildman–Crippen LogP) is 1.91. The minimum atomic E-state index is -0.180. The van der Waals surface area contributed by atoms with Gasteiger partial charge in [-0.25, -0.2) is 4.79 Å². The molecule has 1 aromatic heterocycles. The average molecular weight is 322 g/mol. The monoisotopic (exact) mass is 322 g/mol. The van der Waals surface area contributed by atoms with E-state index in [0.717, 1.165) is 38.8 Å². The van der Waals surface area contributed by atoms with E-state index in [1.54, 1.807) is 0 Å². The summed E-state index contributed by atoms with van der Waals surface area (Å²) in [6.45, 7) is 8.08. The van der Waals surface area contributed by atoms with Crippen LogP contribution in [0.5, 0.6) is 0 Å². The lowest BCUT2D eigenvalue weighted by molar-refractivity contribution is 0.0483. The lowest BCUT2D eigenvalue weighted by atomic mass is 9.95. The van der Waals surface area contributed by atoms with Crippen molar-refractivity contribution in [3.05, 3.63) is 11.7 Å². The first-order valence-electron chi connectivity index (χ1n) is 8.49. The minimum Gasteiger partial charge on any atom is -0.373 e. The lowest BCUT2D eigenvalue weighted by Gasteiger charge is -2.32. The van der Waals surface area contributed by atoms with E-state index in [1.165, 1.54) is 0 Å². The van der Waals surface area contributed by atoms with Gasteiger partial charge in [-0.1, -0.05) is 5.16 Å². The van der Waals surface area contributed by atoms with Crippen molar-refractivity contribution >= 4 is 6.03 Å². The van der Waals surface area contributed by atoms with Gasteiger partial charge in [-0.3, -0.25) is 0 Å². The van der Waals surface area contributed by atoms with Gasteiger partial charge in [-0.15, -0.1) is 0 Å². The maximum Gasteiger partial charge on any atom is 0.317 e. The SMILES string of the molecule is CCO[C@@]1(C)C[C@H]1NC(=O)N1CCCC(Cc2nc(C)no2)C1. The van der Waals surface area contributed by atoms with Crippen LogP contribution in [0.2, 0.25) is 0 Å². The van der Waals surface area contributed by atoms with E-state index in [9.17, 15) is 4.79 Å². The predicted molar refractivity (Wildman–Crippen MR) is 84.0 cm³/mol. The highest BCUT2D eigenvalue weighted by atomic mass is 16.5. The van der Waals surface area contributed by atoms with Gasteiger partial charge in [-0.2, -0.15) is 4.98 Å². The standard InChI is InChI=1S/C16H26N4O3/c1-4-22-16(3)9-13(16)18-15(21)20-7-5-6-12(10-20)8-14-17-11(2)19-23-14/h12-13H,4-10H2,1-3H3,(H,18,21)/t12?,13-,16+/m1/s1. The fraction of sp³-hybridized carbons (Fsp3) is 0.812. The lowest BCUT2D eigenvalue weighted by Crippen LogP contribution is -2.47. The Hall–Kier alpha value is -1.63. The van der Waals surface area contributed by atoms with Gasteiger partial charge < -0.3 is 19.5 Å². The summed E-state index contributed by atoms with van der Waals surface area (Å²) < 4.78 is 10.9. The smallest absolute Gasteiger partial charge is 0.317 e. The number of aryl methyl sites for hydroxylation is 1. The molecule has 2 heterocycles. The highest BCUT2D eigenvalue weighted by Gasteiger charge is 2.52. The molecule has 3 atom stereocenters. The first-order chi connectivity index (χ1) is 11.0. The largest absolute Gasteiger partial charge is 0.373 e. The van der Waals surface area contributed by atoms with Crippen LogP contribution in [0, 0.1) is 12.8 Å². The molecule has 1 unspecified atom stereocenters. The number of carbonyl (C=O) groups is 1. The Kier molecular flexibility index (Phi) is 4.57. The van der Waals surface area contributed by atoms with Gasteiger partial charge in [0.1, 0.15) is 0 Å². The van der Waals surface area contributed by atoms with Crippen LogP contribution in [-0.4, -0.2) is 52.4 Å². The first kappa shape index (κ1) is 16.2. The molecule has 7 heteroatoms. The number of carbonyl (C=O) groups excluding carboxylic acids is 1. The molecular formula is C16H26N4O3. The van der Waals surface area contributed by atoms with Crippen LogP contribution in [-0.2, 0) is 11.2 Å². The molecular weight excluding hydrogens is 296 g/mol. The van der Waals surface area contributed by atoms with Crippen LogP contribution < -0.4 is 5.32 Å². The number of nitrogens with one attached hydrogen (secondary N) is 1. The second-order valence-corrected chi connectivity index (χ2v) is 6.85. The summed E-state index contributed by atoms with van der Waals surface area (Å²) in [6, 6.07) is 0.152. The molecule has 2 aliphatic rings. The minimum absolute atomic E-state index is 0.0184. The molecule has 1 saturated heterocycles. The Morgan fingerprint density at radius 3 is 3.09 bits per heavy atom. The van der Waals surface area contributed by atoms with Crippen molar-refractivity contribution in [3.63, 3.8) is 0 Å². The van der Waals surface area contributed by atoms with E-state index in [2.05, 4.69) is 22.4 Å². The third-order valence-electron chi connectivity index (χ3n) is 4.80. The van der Waals surface area contributed by atoms with Gasteiger partial charge >= 0.3 is 6.03 Å². The number of aromatic nitrogens is 2. The second kappa shape index (κ2) is 6.47. The summed E-state index contributed by atoms with van der Waals surface area (Å²) in [5.41, 5.74) is -0.180. The average Bonchev–Trinajstić information content (AvgIpc) is 2.94. The zero-order chi connectivity index (χ0) is 16.4. The molecule has 0 spiro atoms. The highest BCUT2D eigenvalue weighted by Crippen LogP contribution is 2.39. The molecule has 1 aliphatic heterocycles. The van der Waals surface area contributed by atoms with Crippen LogP contribution in [0.4, 0.5) is 4.79 Å². The molecule has 2 fully saturated rings. The van der Waals surface area contributed by atoms with Crippen LogP contribution in [0.1, 0.15) is 44.8 Å². The first-order valence-corrected chi connectivity index (χ1v) is 8.49. The van der Waals surface area contributed by atoms with E-state index in [-0.39, 0.29) is 17.7 Å². The number of hydrogen-bond donors (Lipinski definition) is 1. The third-order valence-corrected chi connectivity index (χ3v) is 4.80. The fourth-order valence-electron chi connectivity index (χ4n) is 3.37. The van der Waals surface area contributed by atoms with Crippen LogP contribution in [0.15, 0.2) is 4.52 Å². The second-order valence-electron chi connectivity index (χ2n) is 6.85. The molecule has 3 rings (SSSR count). The van der Waals surface area contributed by atoms with E-state index in [1.807, 2.05) is 18.7 Å². The zero-order valence-corrected chi connectivity index (χ0v) is 14.2. The Morgan fingerprint density at radius 2 is 2.39 bits per heavy atom.